The fraction of sp³-hybridized carbons (Fsp3) is 0.250. The third kappa shape index (κ3) is 2.54. The molecule has 0 fully saturated rings. The Morgan fingerprint density at radius 1 is 1.17 bits per heavy atom. The van der Waals surface area contributed by atoms with Crippen LogP contribution in [0.2, 0.25) is 10.3 Å². The molecule has 0 amide bonds. The van der Waals surface area contributed by atoms with Crippen molar-refractivity contribution in [3.8, 4) is 17.3 Å². The summed E-state index contributed by atoms with van der Waals surface area (Å²) in [6.07, 6.45) is 2.31. The van der Waals surface area contributed by atoms with Gasteiger partial charge >= 0.3 is 0 Å². The van der Waals surface area contributed by atoms with Crippen LogP contribution in [0, 0.1) is 0 Å². The Balaban J connectivity index is 2.44. The Labute approximate surface area is 115 Å². The largest absolute Gasteiger partial charge is 0.481 e. The van der Waals surface area contributed by atoms with Crippen molar-refractivity contribution in [2.75, 3.05) is 7.11 Å². The van der Waals surface area contributed by atoms with Gasteiger partial charge in [-0.3, -0.25) is 0 Å². The van der Waals surface area contributed by atoms with Crippen LogP contribution in [0.3, 0.4) is 0 Å². The fourth-order valence-electron chi connectivity index (χ4n) is 1.49. The molecular formula is C12H11Cl2N3O. The zero-order valence-corrected chi connectivity index (χ0v) is 11.5. The average Bonchev–Trinajstić information content (AvgIpc) is 2.38. The average molecular weight is 284 g/mol. The minimum Gasteiger partial charge on any atom is -0.481 e. The topological polar surface area (TPSA) is 47.9 Å². The van der Waals surface area contributed by atoms with Gasteiger partial charge in [0.1, 0.15) is 10.3 Å². The molecule has 0 unspecified atom stereocenters. The molecule has 6 heteroatoms. The first-order valence-electron chi connectivity index (χ1n) is 5.38. The summed E-state index contributed by atoms with van der Waals surface area (Å²) in [5, 5.41) is 0.756. The molecule has 0 spiro atoms. The van der Waals surface area contributed by atoms with Crippen LogP contribution < -0.4 is 4.74 Å². The third-order valence-corrected chi connectivity index (χ3v) is 3.09. The molecule has 0 aliphatic rings. The molecule has 2 aromatic rings. The summed E-state index contributed by atoms with van der Waals surface area (Å²) in [7, 11) is 1.56. The second kappa shape index (κ2) is 5.50. The number of aromatic nitrogens is 3. The van der Waals surface area contributed by atoms with Gasteiger partial charge in [0.25, 0.3) is 0 Å². The quantitative estimate of drug-likeness (QED) is 0.810. The zero-order chi connectivity index (χ0) is 13.1. The van der Waals surface area contributed by atoms with Crippen LogP contribution in [0.15, 0.2) is 18.3 Å². The molecule has 2 aromatic heterocycles. The molecule has 0 atom stereocenters. The Bertz CT molecular complexity index is 535. The SMILES string of the molecule is CCc1c(Cl)nc(-c2ccc(OC)nc2)nc1Cl. The van der Waals surface area contributed by atoms with Crippen LogP contribution >= 0.6 is 23.2 Å². The van der Waals surface area contributed by atoms with E-state index in [0.717, 1.165) is 11.1 Å². The molecule has 0 saturated carbocycles. The second-order valence-corrected chi connectivity index (χ2v) is 4.27. The van der Waals surface area contributed by atoms with Gasteiger partial charge in [0.15, 0.2) is 5.82 Å². The summed E-state index contributed by atoms with van der Waals surface area (Å²) in [4.78, 5) is 12.5. The van der Waals surface area contributed by atoms with E-state index in [4.69, 9.17) is 27.9 Å². The highest BCUT2D eigenvalue weighted by Gasteiger charge is 2.11. The lowest BCUT2D eigenvalue weighted by atomic mass is 10.2. The molecule has 0 saturated heterocycles. The minimum atomic E-state index is 0.378. The first-order valence-corrected chi connectivity index (χ1v) is 6.13. The van der Waals surface area contributed by atoms with Crippen LogP contribution in [-0.2, 0) is 6.42 Å². The van der Waals surface area contributed by atoms with E-state index in [1.807, 2.05) is 6.92 Å². The maximum Gasteiger partial charge on any atom is 0.212 e. The molecule has 0 radical (unpaired) electrons. The number of rotatable bonds is 3. The molecule has 0 aliphatic heterocycles. The van der Waals surface area contributed by atoms with E-state index in [1.54, 1.807) is 25.4 Å². The van der Waals surface area contributed by atoms with Gasteiger partial charge in [-0.2, -0.15) is 0 Å². The van der Waals surface area contributed by atoms with E-state index < -0.39 is 0 Å². The summed E-state index contributed by atoms with van der Waals surface area (Å²) in [6.45, 7) is 1.95. The van der Waals surface area contributed by atoms with Crippen LogP contribution in [0.1, 0.15) is 12.5 Å². The van der Waals surface area contributed by atoms with Gasteiger partial charge in [0, 0.05) is 23.4 Å². The Hall–Kier alpha value is -1.39. The summed E-state index contributed by atoms with van der Waals surface area (Å²) >= 11 is 12.1. The van der Waals surface area contributed by atoms with Gasteiger partial charge in [-0.05, 0) is 12.5 Å². The number of halogens is 2. The summed E-state index contributed by atoms with van der Waals surface area (Å²) in [5.41, 5.74) is 1.49. The van der Waals surface area contributed by atoms with Crippen molar-refractivity contribution in [1.29, 1.82) is 0 Å². The highest BCUT2D eigenvalue weighted by molar-refractivity contribution is 6.34. The number of nitrogens with zero attached hydrogens (tertiary/aromatic N) is 3. The van der Waals surface area contributed by atoms with Crippen LogP contribution in [0.4, 0.5) is 0 Å². The van der Waals surface area contributed by atoms with Crippen molar-refractivity contribution in [1.82, 2.24) is 15.0 Å². The lowest BCUT2D eigenvalue weighted by molar-refractivity contribution is 0.398. The number of hydrogen-bond acceptors (Lipinski definition) is 4. The first-order chi connectivity index (χ1) is 8.65. The monoisotopic (exact) mass is 283 g/mol. The molecule has 2 heterocycles. The smallest absolute Gasteiger partial charge is 0.212 e. The normalized spacial score (nSPS) is 10.4. The molecule has 0 aromatic carbocycles. The van der Waals surface area contributed by atoms with Gasteiger partial charge < -0.3 is 4.74 Å². The zero-order valence-electron chi connectivity index (χ0n) is 9.94. The molecule has 0 aliphatic carbocycles. The Morgan fingerprint density at radius 3 is 2.28 bits per heavy atom. The van der Waals surface area contributed by atoms with E-state index in [9.17, 15) is 0 Å². The van der Waals surface area contributed by atoms with Crippen molar-refractivity contribution < 1.29 is 4.74 Å². The summed E-state index contributed by atoms with van der Waals surface area (Å²) in [5.74, 6) is 0.985. The predicted octanol–water partition coefficient (Wildman–Crippen LogP) is 3.42. The summed E-state index contributed by atoms with van der Waals surface area (Å²) < 4.78 is 4.98. The van der Waals surface area contributed by atoms with Crippen molar-refractivity contribution in [3.05, 3.63) is 34.2 Å². The van der Waals surface area contributed by atoms with Crippen molar-refractivity contribution in [3.63, 3.8) is 0 Å². The van der Waals surface area contributed by atoms with Gasteiger partial charge in [-0.1, -0.05) is 30.1 Å². The van der Waals surface area contributed by atoms with Crippen molar-refractivity contribution in [2.45, 2.75) is 13.3 Å². The first kappa shape index (κ1) is 13.1. The van der Waals surface area contributed by atoms with Crippen molar-refractivity contribution >= 4 is 23.2 Å². The Morgan fingerprint density at radius 2 is 1.83 bits per heavy atom. The van der Waals surface area contributed by atoms with E-state index in [2.05, 4.69) is 15.0 Å². The van der Waals surface area contributed by atoms with Crippen LogP contribution in [0.25, 0.3) is 11.4 Å². The third-order valence-electron chi connectivity index (χ3n) is 2.46. The highest BCUT2D eigenvalue weighted by atomic mass is 35.5. The molecule has 18 heavy (non-hydrogen) atoms. The van der Waals surface area contributed by atoms with E-state index in [0.29, 0.717) is 28.4 Å². The van der Waals surface area contributed by atoms with Gasteiger partial charge in [-0.15, -0.1) is 0 Å². The van der Waals surface area contributed by atoms with Crippen LogP contribution in [0.5, 0.6) is 5.88 Å². The van der Waals surface area contributed by atoms with Crippen LogP contribution in [-0.4, -0.2) is 22.1 Å². The number of ether oxygens (including phenoxy) is 1. The van der Waals surface area contributed by atoms with Gasteiger partial charge in [0.05, 0.1) is 7.11 Å². The van der Waals surface area contributed by atoms with E-state index in [1.165, 1.54) is 0 Å². The lowest BCUT2D eigenvalue weighted by Crippen LogP contribution is -1.97. The standard InChI is InChI=1S/C12H11Cl2N3O/c1-3-8-10(13)16-12(17-11(8)14)7-4-5-9(18-2)15-6-7/h4-6H,3H2,1-2H3. The second-order valence-electron chi connectivity index (χ2n) is 3.55. The number of pyridine rings is 1. The van der Waals surface area contributed by atoms with E-state index in [-0.39, 0.29) is 0 Å². The lowest BCUT2D eigenvalue weighted by Gasteiger charge is -2.06. The number of hydrogen-bond donors (Lipinski definition) is 0. The van der Waals surface area contributed by atoms with Crippen molar-refractivity contribution in [2.24, 2.45) is 0 Å². The summed E-state index contributed by atoms with van der Waals surface area (Å²) in [6, 6.07) is 3.54. The highest BCUT2D eigenvalue weighted by Crippen LogP contribution is 2.26. The maximum atomic E-state index is 6.06. The van der Waals surface area contributed by atoms with E-state index >= 15 is 0 Å². The van der Waals surface area contributed by atoms with Gasteiger partial charge in [-0.25, -0.2) is 15.0 Å². The predicted molar refractivity (Wildman–Crippen MR) is 71.2 cm³/mol. The molecule has 94 valence electrons. The fourth-order valence-corrected chi connectivity index (χ4v) is 2.14. The number of methoxy groups -OCH3 is 1. The molecular weight excluding hydrogens is 273 g/mol. The van der Waals surface area contributed by atoms with Gasteiger partial charge in [0.2, 0.25) is 5.88 Å². The molecule has 4 nitrogen and oxygen atoms in total. The molecule has 0 N–H and O–H groups in total. The molecule has 2 rings (SSSR count). The minimum absolute atomic E-state index is 0.378. The maximum absolute atomic E-state index is 6.06. The Kier molecular flexibility index (Phi) is 3.99. The molecule has 0 bridgehead atoms.